The predicted molar refractivity (Wildman–Crippen MR) is 49.5 cm³/mol. The van der Waals surface area contributed by atoms with E-state index in [4.69, 9.17) is 9.47 Å². The number of hydrogen-bond donors (Lipinski definition) is 0. The Kier molecular flexibility index (Phi) is 3.68. The molecule has 0 unspecified atom stereocenters. The van der Waals surface area contributed by atoms with Crippen LogP contribution in [0.3, 0.4) is 0 Å². The van der Waals surface area contributed by atoms with Crippen molar-refractivity contribution in [1.82, 2.24) is 0 Å². The van der Waals surface area contributed by atoms with Gasteiger partial charge < -0.3 is 9.47 Å². The van der Waals surface area contributed by atoms with Crippen LogP contribution in [0.5, 0.6) is 0 Å². The topological polar surface area (TPSA) is 52.6 Å². The van der Waals surface area contributed by atoms with Gasteiger partial charge in [0.1, 0.15) is 6.10 Å². The first kappa shape index (κ1) is 10.8. The van der Waals surface area contributed by atoms with Crippen molar-refractivity contribution < 1.29 is 19.1 Å². The predicted octanol–water partition coefficient (Wildman–Crippen LogP) is 1.20. The van der Waals surface area contributed by atoms with E-state index in [1.165, 1.54) is 6.92 Å². The highest BCUT2D eigenvalue weighted by Crippen LogP contribution is 2.23. The van der Waals surface area contributed by atoms with Gasteiger partial charge in [-0.1, -0.05) is 6.08 Å². The quantitative estimate of drug-likeness (QED) is 0.639. The van der Waals surface area contributed by atoms with Gasteiger partial charge in [0.25, 0.3) is 0 Å². The summed E-state index contributed by atoms with van der Waals surface area (Å²) in [5.74, 6) is -0.747. The van der Waals surface area contributed by atoms with Crippen molar-refractivity contribution in [3.8, 4) is 0 Å². The lowest BCUT2D eigenvalue weighted by Gasteiger charge is -2.13. The van der Waals surface area contributed by atoms with Gasteiger partial charge in [0.15, 0.2) is 0 Å². The average molecular weight is 198 g/mol. The van der Waals surface area contributed by atoms with Gasteiger partial charge in [-0.15, -0.1) is 0 Å². The third-order valence-corrected chi connectivity index (χ3v) is 1.96. The monoisotopic (exact) mass is 198 g/mol. The number of ether oxygens (including phenoxy) is 2. The smallest absolute Gasteiger partial charge is 0.337 e. The van der Waals surface area contributed by atoms with Crippen molar-refractivity contribution in [2.75, 3.05) is 6.61 Å². The molecule has 0 radical (unpaired) electrons. The maximum atomic E-state index is 11.4. The second-order valence-corrected chi connectivity index (χ2v) is 3.06. The highest BCUT2D eigenvalue weighted by molar-refractivity contribution is 5.90. The minimum absolute atomic E-state index is 0.336. The molecular weight excluding hydrogens is 184 g/mol. The number of rotatable bonds is 3. The van der Waals surface area contributed by atoms with Gasteiger partial charge in [0.05, 0.1) is 12.2 Å². The fourth-order valence-corrected chi connectivity index (χ4v) is 1.43. The van der Waals surface area contributed by atoms with E-state index >= 15 is 0 Å². The number of esters is 2. The first-order valence-corrected chi connectivity index (χ1v) is 4.69. The fraction of sp³-hybridized carbons (Fsp3) is 0.600. The summed E-state index contributed by atoms with van der Waals surface area (Å²) < 4.78 is 9.82. The highest BCUT2D eigenvalue weighted by Gasteiger charge is 2.28. The Morgan fingerprint density at radius 2 is 2.29 bits per heavy atom. The number of carbonyl (C=O) groups is 2. The van der Waals surface area contributed by atoms with E-state index in [1.807, 2.05) is 0 Å². The fourth-order valence-electron chi connectivity index (χ4n) is 1.43. The molecule has 78 valence electrons. The molecule has 0 heterocycles. The van der Waals surface area contributed by atoms with E-state index in [9.17, 15) is 9.59 Å². The van der Waals surface area contributed by atoms with E-state index in [0.29, 0.717) is 18.6 Å². The number of carbonyl (C=O) groups excluding carboxylic acids is 2. The molecule has 1 aliphatic rings. The summed E-state index contributed by atoms with van der Waals surface area (Å²) in [6.07, 6.45) is 2.79. The van der Waals surface area contributed by atoms with Crippen LogP contribution in [0.2, 0.25) is 0 Å². The van der Waals surface area contributed by atoms with Crippen molar-refractivity contribution in [2.24, 2.45) is 0 Å². The van der Waals surface area contributed by atoms with E-state index in [-0.39, 0.29) is 11.9 Å². The van der Waals surface area contributed by atoms with E-state index in [0.717, 1.165) is 6.42 Å². The summed E-state index contributed by atoms with van der Waals surface area (Å²) in [4.78, 5) is 22.1. The minimum atomic E-state index is -0.411. The van der Waals surface area contributed by atoms with Crippen LogP contribution in [0.15, 0.2) is 11.6 Å². The molecule has 4 heteroatoms. The molecule has 1 aliphatic carbocycles. The Balaban J connectivity index is 2.58. The third-order valence-electron chi connectivity index (χ3n) is 1.96. The molecule has 0 N–H and O–H groups in total. The molecule has 0 aromatic rings. The van der Waals surface area contributed by atoms with Crippen LogP contribution in [-0.4, -0.2) is 24.6 Å². The van der Waals surface area contributed by atoms with Crippen LogP contribution >= 0.6 is 0 Å². The van der Waals surface area contributed by atoms with Gasteiger partial charge in [-0.2, -0.15) is 0 Å². The second-order valence-electron chi connectivity index (χ2n) is 3.06. The first-order chi connectivity index (χ1) is 6.65. The Bertz CT molecular complexity index is 267. The third kappa shape index (κ3) is 2.58. The molecule has 0 aliphatic heterocycles. The van der Waals surface area contributed by atoms with Crippen LogP contribution < -0.4 is 0 Å². The van der Waals surface area contributed by atoms with Crippen LogP contribution in [0.25, 0.3) is 0 Å². The zero-order valence-corrected chi connectivity index (χ0v) is 8.41. The zero-order chi connectivity index (χ0) is 10.6. The molecule has 0 spiro atoms. The van der Waals surface area contributed by atoms with E-state index in [2.05, 4.69) is 0 Å². The molecule has 0 bridgehead atoms. The largest absolute Gasteiger partial charge is 0.463 e. The standard InChI is InChI=1S/C10H14O4/c1-3-13-10(12)8-5-4-6-9(8)14-7(2)11/h5,9H,3-4,6H2,1-2H3/t9-/m0/s1. The van der Waals surface area contributed by atoms with Gasteiger partial charge in [-0.25, -0.2) is 4.79 Å². The lowest BCUT2D eigenvalue weighted by atomic mass is 10.2. The van der Waals surface area contributed by atoms with Crippen LogP contribution in [0.1, 0.15) is 26.7 Å². The van der Waals surface area contributed by atoms with Gasteiger partial charge in [0, 0.05) is 6.92 Å². The van der Waals surface area contributed by atoms with Gasteiger partial charge in [-0.05, 0) is 19.8 Å². The molecular formula is C10H14O4. The van der Waals surface area contributed by atoms with Crippen LogP contribution in [-0.2, 0) is 19.1 Å². The number of allylic oxidation sites excluding steroid dienone is 1. The molecule has 1 rings (SSSR count). The molecule has 0 aromatic heterocycles. The molecule has 14 heavy (non-hydrogen) atoms. The van der Waals surface area contributed by atoms with E-state index in [1.54, 1.807) is 13.0 Å². The summed E-state index contributed by atoms with van der Waals surface area (Å²) in [5, 5.41) is 0. The highest BCUT2D eigenvalue weighted by atomic mass is 16.6. The molecule has 0 fully saturated rings. The summed E-state index contributed by atoms with van der Waals surface area (Å²) in [6, 6.07) is 0. The lowest BCUT2D eigenvalue weighted by molar-refractivity contribution is -0.147. The molecule has 0 aromatic carbocycles. The zero-order valence-electron chi connectivity index (χ0n) is 8.41. The van der Waals surface area contributed by atoms with Crippen LogP contribution in [0.4, 0.5) is 0 Å². The van der Waals surface area contributed by atoms with Crippen molar-refractivity contribution in [3.63, 3.8) is 0 Å². The maximum absolute atomic E-state index is 11.4. The Labute approximate surface area is 82.9 Å². The van der Waals surface area contributed by atoms with Gasteiger partial charge >= 0.3 is 11.9 Å². The maximum Gasteiger partial charge on any atom is 0.337 e. The summed E-state index contributed by atoms with van der Waals surface area (Å²) in [5.41, 5.74) is 0.474. The Morgan fingerprint density at radius 3 is 2.86 bits per heavy atom. The average Bonchev–Trinajstić information content (AvgIpc) is 2.51. The van der Waals surface area contributed by atoms with Crippen molar-refractivity contribution in [3.05, 3.63) is 11.6 Å². The summed E-state index contributed by atoms with van der Waals surface area (Å²) >= 11 is 0. The minimum Gasteiger partial charge on any atom is -0.463 e. The molecule has 0 amide bonds. The molecule has 0 saturated carbocycles. The van der Waals surface area contributed by atoms with Crippen molar-refractivity contribution >= 4 is 11.9 Å². The number of hydrogen-bond acceptors (Lipinski definition) is 4. The van der Waals surface area contributed by atoms with Gasteiger partial charge in [-0.3, -0.25) is 4.79 Å². The SMILES string of the molecule is CCOC(=O)C1=CCC[C@@H]1OC(C)=O. The summed E-state index contributed by atoms with van der Waals surface area (Å²) in [7, 11) is 0. The normalized spacial score (nSPS) is 20.1. The van der Waals surface area contributed by atoms with Crippen molar-refractivity contribution in [2.45, 2.75) is 32.8 Å². The Hall–Kier alpha value is -1.32. The molecule has 0 saturated heterocycles. The van der Waals surface area contributed by atoms with Gasteiger partial charge in [0.2, 0.25) is 0 Å². The van der Waals surface area contributed by atoms with E-state index < -0.39 is 6.10 Å². The first-order valence-electron chi connectivity index (χ1n) is 4.69. The van der Waals surface area contributed by atoms with Crippen LogP contribution in [0, 0.1) is 0 Å². The molecule has 1 atom stereocenters. The Morgan fingerprint density at radius 1 is 1.57 bits per heavy atom. The lowest BCUT2D eigenvalue weighted by Crippen LogP contribution is -2.22. The second kappa shape index (κ2) is 4.79. The molecule has 4 nitrogen and oxygen atoms in total. The van der Waals surface area contributed by atoms with Crippen molar-refractivity contribution in [1.29, 1.82) is 0 Å². The summed E-state index contributed by atoms with van der Waals surface area (Å²) in [6.45, 7) is 3.41.